The van der Waals surface area contributed by atoms with Crippen LogP contribution in [0.3, 0.4) is 0 Å². The standard InChI is InChI=1S/C23H44O2Si4/c1-23(2,3)18-20-21(19-16-14-13-15-17-19)22(26(4,5)6)29(20,24-27(7,8)9)25-28(10,11)12/h13-17,20H,18H2,1-12H3. The second kappa shape index (κ2) is 8.02. The second-order valence-corrected chi connectivity index (χ2v) is 30.9. The molecule has 0 bridgehead atoms. The summed E-state index contributed by atoms with van der Waals surface area (Å²) in [6.45, 7) is 28.6. The number of rotatable bonds is 7. The quantitative estimate of drug-likeness (QED) is 0.383. The molecular weight excluding hydrogens is 421 g/mol. The summed E-state index contributed by atoms with van der Waals surface area (Å²) in [6, 6.07) is 11.1. The summed E-state index contributed by atoms with van der Waals surface area (Å²) < 4.78 is 14.5. The zero-order valence-electron chi connectivity index (χ0n) is 21.0. The molecule has 1 aliphatic rings. The van der Waals surface area contributed by atoms with Crippen molar-refractivity contribution in [1.82, 2.24) is 0 Å². The third-order valence-electron chi connectivity index (χ3n) is 4.99. The van der Waals surface area contributed by atoms with Gasteiger partial charge in [0.05, 0.1) is 8.07 Å². The van der Waals surface area contributed by atoms with Crippen molar-refractivity contribution in [2.24, 2.45) is 5.41 Å². The van der Waals surface area contributed by atoms with E-state index in [0.717, 1.165) is 6.42 Å². The van der Waals surface area contributed by atoms with Crippen LogP contribution in [-0.2, 0) is 8.23 Å². The lowest BCUT2D eigenvalue weighted by molar-refractivity contribution is 0.319. The Kier molecular flexibility index (Phi) is 6.92. The monoisotopic (exact) mass is 464 g/mol. The Hall–Kier alpha value is -0.252. The average molecular weight is 465 g/mol. The Balaban J connectivity index is 2.82. The van der Waals surface area contributed by atoms with Gasteiger partial charge < -0.3 is 8.23 Å². The molecule has 2 nitrogen and oxygen atoms in total. The van der Waals surface area contributed by atoms with Gasteiger partial charge in [-0.2, -0.15) is 0 Å². The molecule has 0 N–H and O–H groups in total. The fourth-order valence-electron chi connectivity index (χ4n) is 4.56. The van der Waals surface area contributed by atoms with Gasteiger partial charge in [0.2, 0.25) is 0 Å². The second-order valence-electron chi connectivity index (χ2n) is 12.8. The molecule has 1 unspecified atom stereocenters. The van der Waals surface area contributed by atoms with Crippen molar-refractivity contribution in [1.29, 1.82) is 0 Å². The molecule has 0 aliphatic carbocycles. The largest absolute Gasteiger partial charge is 0.433 e. The Morgan fingerprint density at radius 3 is 1.59 bits per heavy atom. The third-order valence-corrected chi connectivity index (χ3v) is 19.8. The highest BCUT2D eigenvalue weighted by atomic mass is 28.5. The molecular formula is C23H44O2Si4. The van der Waals surface area contributed by atoms with E-state index in [1.807, 2.05) is 0 Å². The first kappa shape index (κ1) is 25.0. The van der Waals surface area contributed by atoms with E-state index < -0.39 is 33.3 Å². The molecule has 0 saturated carbocycles. The maximum absolute atomic E-state index is 7.25. The van der Waals surface area contributed by atoms with Crippen LogP contribution >= 0.6 is 0 Å². The van der Waals surface area contributed by atoms with E-state index in [9.17, 15) is 0 Å². The number of hydrogen-bond donors (Lipinski definition) is 0. The van der Waals surface area contributed by atoms with Crippen LogP contribution in [0.15, 0.2) is 35.2 Å². The van der Waals surface area contributed by atoms with E-state index in [1.54, 1.807) is 10.4 Å². The maximum atomic E-state index is 7.25. The summed E-state index contributed by atoms with van der Waals surface area (Å²) in [7, 11) is -7.70. The predicted octanol–water partition coefficient (Wildman–Crippen LogP) is 7.82. The molecule has 0 spiro atoms. The highest BCUT2D eigenvalue weighted by molar-refractivity contribution is 7.10. The first-order chi connectivity index (χ1) is 12.9. The lowest BCUT2D eigenvalue weighted by Gasteiger charge is -2.58. The first-order valence-electron chi connectivity index (χ1n) is 11.1. The van der Waals surface area contributed by atoms with Gasteiger partial charge in [-0.15, -0.1) is 0 Å². The topological polar surface area (TPSA) is 18.5 Å². The van der Waals surface area contributed by atoms with Crippen LogP contribution in [0.25, 0.3) is 5.57 Å². The van der Waals surface area contributed by atoms with Gasteiger partial charge in [-0.05, 0) is 67.1 Å². The summed E-state index contributed by atoms with van der Waals surface area (Å²) in [5.41, 5.74) is 3.62. The molecule has 0 radical (unpaired) electrons. The smallest absolute Gasteiger partial charge is 0.351 e. The van der Waals surface area contributed by atoms with E-state index in [1.165, 1.54) is 5.56 Å². The fourth-order valence-corrected chi connectivity index (χ4v) is 23.6. The Bertz CT molecular complexity index is 728. The van der Waals surface area contributed by atoms with Gasteiger partial charge in [0, 0.05) is 5.54 Å². The highest BCUT2D eigenvalue weighted by Gasteiger charge is 2.65. The van der Waals surface area contributed by atoms with Gasteiger partial charge in [0.1, 0.15) is 0 Å². The lowest BCUT2D eigenvalue weighted by Crippen LogP contribution is -2.68. The van der Waals surface area contributed by atoms with Crippen molar-refractivity contribution >= 4 is 38.8 Å². The van der Waals surface area contributed by atoms with E-state index in [-0.39, 0.29) is 5.41 Å². The van der Waals surface area contributed by atoms with Gasteiger partial charge in [-0.3, -0.25) is 0 Å². The van der Waals surface area contributed by atoms with Crippen molar-refractivity contribution < 1.29 is 8.23 Å². The summed E-state index contributed by atoms with van der Waals surface area (Å²) in [6.07, 6.45) is 1.13. The van der Waals surface area contributed by atoms with Crippen LogP contribution in [0.1, 0.15) is 32.8 Å². The maximum Gasteiger partial charge on any atom is 0.351 e. The van der Waals surface area contributed by atoms with Crippen LogP contribution in [0.4, 0.5) is 0 Å². The number of allylic oxidation sites excluding steroid dienone is 1. The highest BCUT2D eigenvalue weighted by Crippen LogP contribution is 2.61. The minimum absolute atomic E-state index is 0.236. The van der Waals surface area contributed by atoms with Crippen molar-refractivity contribution in [2.75, 3.05) is 0 Å². The summed E-state index contributed by atoms with van der Waals surface area (Å²) in [4.78, 5) is 1.63. The zero-order chi connectivity index (χ0) is 22.5. The van der Waals surface area contributed by atoms with E-state index in [2.05, 4.69) is 110 Å². The Morgan fingerprint density at radius 1 is 0.793 bits per heavy atom. The summed E-state index contributed by atoms with van der Waals surface area (Å²) in [5, 5.41) is 0. The van der Waals surface area contributed by atoms with Gasteiger partial charge in [-0.1, -0.05) is 70.7 Å². The minimum Gasteiger partial charge on any atom is -0.433 e. The molecule has 0 aromatic heterocycles. The number of benzene rings is 1. The molecule has 164 valence electrons. The minimum atomic E-state index is -2.50. The summed E-state index contributed by atoms with van der Waals surface area (Å²) in [5.74, 6) is 0. The molecule has 0 amide bonds. The molecule has 0 saturated heterocycles. The first-order valence-corrected chi connectivity index (χ1v) is 23.3. The van der Waals surface area contributed by atoms with Gasteiger partial charge >= 0.3 is 8.56 Å². The van der Waals surface area contributed by atoms with Crippen molar-refractivity contribution in [3.63, 3.8) is 0 Å². The van der Waals surface area contributed by atoms with Crippen LogP contribution in [0, 0.1) is 5.41 Å². The van der Waals surface area contributed by atoms with Crippen LogP contribution < -0.4 is 0 Å². The van der Waals surface area contributed by atoms with Gasteiger partial charge in [0.25, 0.3) is 0 Å². The van der Waals surface area contributed by atoms with Crippen molar-refractivity contribution in [2.45, 2.75) is 91.7 Å². The molecule has 0 fully saturated rings. The average Bonchev–Trinajstić information content (AvgIpc) is 2.45. The predicted molar refractivity (Wildman–Crippen MR) is 139 cm³/mol. The van der Waals surface area contributed by atoms with E-state index >= 15 is 0 Å². The normalized spacial score (nSPS) is 20.6. The molecule has 1 aromatic rings. The Morgan fingerprint density at radius 2 is 1.24 bits per heavy atom. The van der Waals surface area contributed by atoms with E-state index in [0.29, 0.717) is 5.54 Å². The van der Waals surface area contributed by atoms with Crippen LogP contribution in [-0.4, -0.2) is 33.3 Å². The van der Waals surface area contributed by atoms with Crippen LogP contribution in [0.5, 0.6) is 0 Å². The molecule has 6 heteroatoms. The Labute approximate surface area is 184 Å². The molecule has 1 heterocycles. The third kappa shape index (κ3) is 6.14. The molecule has 1 aliphatic heterocycles. The van der Waals surface area contributed by atoms with E-state index in [4.69, 9.17) is 8.23 Å². The zero-order valence-corrected chi connectivity index (χ0v) is 25.0. The number of hydrogen-bond acceptors (Lipinski definition) is 2. The molecule has 2 rings (SSSR count). The SMILES string of the molecule is CC(C)(C)CC1C(c2ccccc2)=C([Si](C)(C)C)[Si]1(O[Si](C)(C)C)O[Si](C)(C)C. The van der Waals surface area contributed by atoms with Crippen molar-refractivity contribution in [3.05, 3.63) is 40.7 Å². The van der Waals surface area contributed by atoms with Gasteiger partial charge in [0.15, 0.2) is 16.6 Å². The van der Waals surface area contributed by atoms with Crippen LogP contribution in [0.2, 0.25) is 64.5 Å². The van der Waals surface area contributed by atoms with Crippen molar-refractivity contribution in [3.8, 4) is 0 Å². The molecule has 1 atom stereocenters. The molecule has 29 heavy (non-hydrogen) atoms. The van der Waals surface area contributed by atoms with Gasteiger partial charge in [-0.25, -0.2) is 0 Å². The lowest BCUT2D eigenvalue weighted by atomic mass is 9.86. The molecule has 1 aromatic carbocycles. The summed E-state index contributed by atoms with van der Waals surface area (Å²) >= 11 is 0. The fraction of sp³-hybridized carbons (Fsp3) is 0.652.